The van der Waals surface area contributed by atoms with Crippen LogP contribution in [0.15, 0.2) is 12.1 Å². The number of aliphatic hydroxyl groups is 1. The number of anilines is 1. The van der Waals surface area contributed by atoms with E-state index in [1.54, 1.807) is 0 Å². The third-order valence-corrected chi connectivity index (χ3v) is 4.13. The lowest BCUT2D eigenvalue weighted by molar-refractivity contribution is 0.0666. The Bertz CT molecular complexity index is 505. The van der Waals surface area contributed by atoms with Crippen LogP contribution in [-0.2, 0) is 6.42 Å². The van der Waals surface area contributed by atoms with Gasteiger partial charge in [0.05, 0.1) is 17.9 Å². The summed E-state index contributed by atoms with van der Waals surface area (Å²) in [6.07, 6.45) is 4.22. The van der Waals surface area contributed by atoms with Crippen LogP contribution in [0.25, 0.3) is 0 Å². The van der Waals surface area contributed by atoms with Crippen molar-refractivity contribution in [2.45, 2.75) is 63.8 Å². The number of hydrogen-bond acceptors (Lipinski definition) is 4. The molecule has 1 saturated carbocycles. The van der Waals surface area contributed by atoms with Crippen molar-refractivity contribution in [1.29, 1.82) is 0 Å². The minimum atomic E-state index is -0.170. The van der Waals surface area contributed by atoms with E-state index in [9.17, 15) is 5.11 Å². The van der Waals surface area contributed by atoms with Gasteiger partial charge in [-0.2, -0.15) is 0 Å². The number of aliphatic hydroxyl groups excluding tert-OH is 1. The van der Waals surface area contributed by atoms with Gasteiger partial charge in [0.2, 0.25) is 0 Å². The van der Waals surface area contributed by atoms with Crippen molar-refractivity contribution in [3.63, 3.8) is 0 Å². The van der Waals surface area contributed by atoms with Gasteiger partial charge in [-0.05, 0) is 45.6 Å². The molecule has 0 aromatic heterocycles. The van der Waals surface area contributed by atoms with Crippen LogP contribution in [0.2, 0.25) is 0 Å². The summed E-state index contributed by atoms with van der Waals surface area (Å²) in [5.41, 5.74) is 7.76. The van der Waals surface area contributed by atoms with Crippen molar-refractivity contribution in [2.24, 2.45) is 0 Å². The Morgan fingerprint density at radius 1 is 1.25 bits per heavy atom. The summed E-state index contributed by atoms with van der Waals surface area (Å²) in [5, 5.41) is 9.53. The van der Waals surface area contributed by atoms with Gasteiger partial charge in [0.25, 0.3) is 0 Å². The second-order valence-corrected chi connectivity index (χ2v) is 6.58. The molecule has 0 amide bonds. The molecule has 4 nitrogen and oxygen atoms in total. The smallest absolute Gasteiger partial charge is 0.146 e. The molecular weight excluding hydrogens is 254 g/mol. The lowest BCUT2D eigenvalue weighted by atomic mass is 9.95. The van der Waals surface area contributed by atoms with Crippen LogP contribution in [0.4, 0.5) is 5.69 Å². The lowest BCUT2D eigenvalue weighted by Gasteiger charge is -2.26. The van der Waals surface area contributed by atoms with Crippen LogP contribution in [0, 0.1) is 0 Å². The summed E-state index contributed by atoms with van der Waals surface area (Å²) in [4.78, 5) is 0. The van der Waals surface area contributed by atoms with Crippen molar-refractivity contribution >= 4 is 5.69 Å². The van der Waals surface area contributed by atoms with E-state index in [0.29, 0.717) is 11.4 Å². The second kappa shape index (κ2) is 4.85. The van der Waals surface area contributed by atoms with Gasteiger partial charge in [0, 0.05) is 18.1 Å². The minimum absolute atomic E-state index is 0.146. The quantitative estimate of drug-likeness (QED) is 0.816. The number of fused-ring (bicyclic) bond motifs is 1. The molecule has 1 aromatic rings. The van der Waals surface area contributed by atoms with Gasteiger partial charge in [-0.15, -0.1) is 0 Å². The van der Waals surface area contributed by atoms with Gasteiger partial charge < -0.3 is 20.3 Å². The van der Waals surface area contributed by atoms with E-state index in [1.807, 2.05) is 12.1 Å². The molecule has 0 radical (unpaired) electrons. The Labute approximate surface area is 119 Å². The van der Waals surface area contributed by atoms with Gasteiger partial charge in [0.15, 0.2) is 0 Å². The molecular formula is C16H23NO3. The zero-order chi connectivity index (χ0) is 14.3. The molecule has 0 bridgehead atoms. The van der Waals surface area contributed by atoms with E-state index >= 15 is 0 Å². The zero-order valence-corrected chi connectivity index (χ0v) is 12.2. The number of hydrogen-bond donors (Lipinski definition) is 2. The van der Waals surface area contributed by atoms with Crippen molar-refractivity contribution in [2.75, 3.05) is 5.73 Å². The fourth-order valence-electron chi connectivity index (χ4n) is 3.10. The van der Waals surface area contributed by atoms with Crippen molar-refractivity contribution < 1.29 is 14.6 Å². The first-order chi connectivity index (χ1) is 9.43. The molecule has 1 aliphatic carbocycles. The van der Waals surface area contributed by atoms with E-state index in [4.69, 9.17) is 15.2 Å². The standard InChI is InChI=1S/C16H23NO3/c1-16(2)9-10-7-13(17)15(8-14(10)20-16)19-12-5-3-11(18)4-6-12/h7-8,11-12,18H,3-6,9,17H2,1-2H3. The van der Waals surface area contributed by atoms with E-state index < -0.39 is 0 Å². The van der Waals surface area contributed by atoms with E-state index in [0.717, 1.165) is 43.4 Å². The van der Waals surface area contributed by atoms with Crippen LogP contribution in [-0.4, -0.2) is 22.9 Å². The highest BCUT2D eigenvalue weighted by atomic mass is 16.5. The van der Waals surface area contributed by atoms with Gasteiger partial charge >= 0.3 is 0 Å². The highest BCUT2D eigenvalue weighted by molar-refractivity contribution is 5.60. The Morgan fingerprint density at radius 2 is 1.95 bits per heavy atom. The molecule has 2 aliphatic rings. The number of nitrogen functional groups attached to an aromatic ring is 1. The Balaban J connectivity index is 1.75. The SMILES string of the molecule is CC1(C)Cc2cc(N)c(OC3CCC(O)CC3)cc2O1. The normalized spacial score (nSPS) is 27.8. The lowest BCUT2D eigenvalue weighted by Crippen LogP contribution is -2.26. The maximum Gasteiger partial charge on any atom is 0.146 e. The van der Waals surface area contributed by atoms with Crippen molar-refractivity contribution in [3.8, 4) is 11.5 Å². The average molecular weight is 277 g/mol. The fraction of sp³-hybridized carbons (Fsp3) is 0.625. The van der Waals surface area contributed by atoms with Crippen LogP contribution < -0.4 is 15.2 Å². The summed E-state index contributed by atoms with van der Waals surface area (Å²) in [6, 6.07) is 3.89. The molecule has 0 saturated heterocycles. The van der Waals surface area contributed by atoms with Crippen molar-refractivity contribution in [1.82, 2.24) is 0 Å². The molecule has 1 fully saturated rings. The summed E-state index contributed by atoms with van der Waals surface area (Å²) in [7, 11) is 0. The molecule has 1 heterocycles. The van der Waals surface area contributed by atoms with Crippen LogP contribution in [0.5, 0.6) is 11.5 Å². The van der Waals surface area contributed by atoms with E-state index in [-0.39, 0.29) is 17.8 Å². The molecule has 1 aromatic carbocycles. The van der Waals surface area contributed by atoms with Gasteiger partial charge in [-0.1, -0.05) is 0 Å². The maximum atomic E-state index is 9.53. The third kappa shape index (κ3) is 2.70. The first kappa shape index (κ1) is 13.6. The van der Waals surface area contributed by atoms with Crippen molar-refractivity contribution in [3.05, 3.63) is 17.7 Å². The number of nitrogens with two attached hydrogens (primary N) is 1. The summed E-state index contributed by atoms with van der Waals surface area (Å²) in [6.45, 7) is 4.15. The van der Waals surface area contributed by atoms with E-state index in [2.05, 4.69) is 13.8 Å². The Hall–Kier alpha value is -1.42. The summed E-state index contributed by atoms with van der Waals surface area (Å²) >= 11 is 0. The topological polar surface area (TPSA) is 64.7 Å². The van der Waals surface area contributed by atoms with Crippen LogP contribution in [0.1, 0.15) is 45.1 Å². The minimum Gasteiger partial charge on any atom is -0.488 e. The van der Waals surface area contributed by atoms with E-state index in [1.165, 1.54) is 0 Å². The second-order valence-electron chi connectivity index (χ2n) is 6.58. The molecule has 3 N–H and O–H groups in total. The molecule has 110 valence electrons. The predicted octanol–water partition coefficient (Wildman–Crippen LogP) is 2.66. The molecule has 0 spiro atoms. The summed E-state index contributed by atoms with van der Waals surface area (Å²) < 4.78 is 11.9. The predicted molar refractivity (Wildman–Crippen MR) is 78.2 cm³/mol. The number of benzene rings is 1. The molecule has 3 rings (SSSR count). The fourth-order valence-corrected chi connectivity index (χ4v) is 3.10. The average Bonchev–Trinajstić information content (AvgIpc) is 2.66. The first-order valence-electron chi connectivity index (χ1n) is 7.39. The monoisotopic (exact) mass is 277 g/mol. The molecule has 4 heteroatoms. The highest BCUT2D eigenvalue weighted by Crippen LogP contribution is 2.41. The molecule has 0 unspecified atom stereocenters. The first-order valence-corrected chi connectivity index (χ1v) is 7.39. The number of rotatable bonds is 2. The summed E-state index contributed by atoms with van der Waals surface area (Å²) in [5.74, 6) is 1.60. The number of ether oxygens (including phenoxy) is 2. The van der Waals surface area contributed by atoms with Gasteiger partial charge in [-0.25, -0.2) is 0 Å². The Kier molecular flexibility index (Phi) is 3.28. The molecule has 20 heavy (non-hydrogen) atoms. The highest BCUT2D eigenvalue weighted by Gasteiger charge is 2.31. The van der Waals surface area contributed by atoms with Gasteiger partial charge in [-0.3, -0.25) is 0 Å². The van der Waals surface area contributed by atoms with Crippen LogP contribution >= 0.6 is 0 Å². The van der Waals surface area contributed by atoms with Crippen LogP contribution in [0.3, 0.4) is 0 Å². The Morgan fingerprint density at radius 3 is 2.65 bits per heavy atom. The molecule has 1 aliphatic heterocycles. The largest absolute Gasteiger partial charge is 0.488 e. The van der Waals surface area contributed by atoms with Gasteiger partial charge in [0.1, 0.15) is 17.1 Å². The molecule has 0 atom stereocenters. The third-order valence-electron chi connectivity index (χ3n) is 4.13. The maximum absolute atomic E-state index is 9.53. The zero-order valence-electron chi connectivity index (χ0n) is 12.2.